The van der Waals surface area contributed by atoms with Gasteiger partial charge in [0.05, 0.1) is 44.8 Å². The highest BCUT2D eigenvalue weighted by Gasteiger charge is 2.67. The number of methoxy groups -OCH3 is 4. The molecule has 1 atom stereocenters. The molecule has 1 aromatic heterocycles. The van der Waals surface area contributed by atoms with Crippen LogP contribution in [0.5, 0.6) is 34.6 Å². The predicted molar refractivity (Wildman–Crippen MR) is 212 cm³/mol. The number of hydrogen-bond donors (Lipinski definition) is 0. The number of rotatable bonds is 6. The monoisotopic (exact) mass is 763 g/mol. The normalized spacial score (nSPS) is 18.4. The van der Waals surface area contributed by atoms with E-state index in [4.69, 9.17) is 27.8 Å². The number of aryl methyl sites for hydroxylation is 2. The van der Waals surface area contributed by atoms with Gasteiger partial charge < -0.3 is 27.8 Å². The van der Waals surface area contributed by atoms with Crippen LogP contribution in [0.15, 0.2) is 58.3 Å². The van der Waals surface area contributed by atoms with Crippen LogP contribution in [0.2, 0.25) is 10.1 Å². The van der Waals surface area contributed by atoms with Crippen molar-refractivity contribution >= 4 is 53.4 Å². The van der Waals surface area contributed by atoms with E-state index in [9.17, 15) is 0 Å². The van der Waals surface area contributed by atoms with Crippen LogP contribution in [0.4, 0.5) is 0 Å². The molecule has 0 unspecified atom stereocenters. The molecule has 0 bridgehead atoms. The van der Waals surface area contributed by atoms with E-state index in [-0.39, 0.29) is 23.6 Å². The lowest BCUT2D eigenvalue weighted by molar-refractivity contribution is 0.0790. The van der Waals surface area contributed by atoms with Gasteiger partial charge >= 0.3 is 8.56 Å². The second kappa shape index (κ2) is 12.1. The number of hydrogen-bond acceptors (Lipinski definition) is 10. The Morgan fingerprint density at radius 3 is 2.06 bits per heavy atom. The van der Waals surface area contributed by atoms with Gasteiger partial charge in [-0.15, -0.1) is 0 Å². The van der Waals surface area contributed by atoms with E-state index in [1.807, 2.05) is 49.4 Å². The van der Waals surface area contributed by atoms with E-state index in [0.717, 1.165) is 21.5 Å². The van der Waals surface area contributed by atoms with Gasteiger partial charge in [-0.2, -0.15) is 0 Å². The van der Waals surface area contributed by atoms with Crippen molar-refractivity contribution < 1.29 is 37.4 Å². The quantitative estimate of drug-likeness (QED) is 0.123. The van der Waals surface area contributed by atoms with Crippen LogP contribution in [0, 0.1) is 6.92 Å². The Balaban J connectivity index is 1.54. The lowest BCUT2D eigenvalue weighted by Crippen LogP contribution is -2.63. The number of Topliss-reactive ketones (excluding diaryl/α,β-unsaturated/α-hetero) is 2. The number of nitrogens with zero attached hydrogens (tertiary/aromatic N) is 1. The smallest absolute Gasteiger partial charge is 0.471 e. The largest absolute Gasteiger partial charge is 0.510 e. The maximum Gasteiger partial charge on any atom is 0.471 e. The van der Waals surface area contributed by atoms with Crippen molar-refractivity contribution in [3.63, 3.8) is 0 Å². The SMILES string of the molecule is COc1cc2c3c(c4c(c(Sc5ccccc5)c3c1OC)C(=O)[C@]1(CCc3cc5cc(C)nc(OC)c5c(OC)c31)C4=O)O[Si](C(C)(C)C)(C(C)(C)C)O2. The third kappa shape index (κ3) is 4.66. The summed E-state index contributed by atoms with van der Waals surface area (Å²) in [5.41, 5.74) is 1.23. The van der Waals surface area contributed by atoms with Crippen LogP contribution < -0.4 is 27.8 Å². The molecule has 1 aliphatic heterocycles. The summed E-state index contributed by atoms with van der Waals surface area (Å²) in [6.45, 7) is 14.6. The van der Waals surface area contributed by atoms with Crippen molar-refractivity contribution in [2.24, 2.45) is 0 Å². The molecule has 11 heteroatoms. The van der Waals surface area contributed by atoms with Crippen molar-refractivity contribution in [2.45, 2.75) is 86.6 Å². The summed E-state index contributed by atoms with van der Waals surface area (Å²) >= 11 is 1.41. The Labute approximate surface area is 320 Å². The maximum absolute atomic E-state index is 15.9. The zero-order valence-corrected chi connectivity index (χ0v) is 34.5. The van der Waals surface area contributed by atoms with Crippen molar-refractivity contribution in [2.75, 3.05) is 28.4 Å². The van der Waals surface area contributed by atoms with E-state index in [2.05, 4.69) is 52.6 Å². The molecule has 0 radical (unpaired) electrons. The van der Waals surface area contributed by atoms with Gasteiger partial charge in [0.2, 0.25) is 5.88 Å². The van der Waals surface area contributed by atoms with E-state index in [1.165, 1.54) is 11.8 Å². The number of ether oxygens (including phenoxy) is 4. The van der Waals surface area contributed by atoms with Crippen LogP contribution in [0.1, 0.15) is 85.5 Å². The number of pyridine rings is 1. The molecule has 0 N–H and O–H groups in total. The van der Waals surface area contributed by atoms with Gasteiger partial charge in [-0.25, -0.2) is 4.98 Å². The topological polar surface area (TPSA) is 102 Å². The third-order valence-corrected chi connectivity index (χ3v) is 17.4. The standard InChI is InChI=1S/C43H45NO8SSi/c1-22-19-24-20-23-17-18-43(33(23)36(49-10)28(24)40(44-22)50-11)38(45)31-32(39(43)46)37(53-25-15-13-12-14-16-25)30-29-26(21-27(47-8)34(30)48-9)51-54(41(2,3)4,42(5,6)7)52-35(29)31/h12-16,19-21H,17-18H2,1-11H3/t43-/m0/s1. The summed E-state index contributed by atoms with van der Waals surface area (Å²) in [5.74, 6) is 1.98. The molecule has 2 aliphatic carbocycles. The second-order valence-electron chi connectivity index (χ2n) is 16.4. The molecule has 54 heavy (non-hydrogen) atoms. The Kier molecular flexibility index (Phi) is 8.14. The molecule has 0 saturated heterocycles. The minimum Gasteiger partial charge on any atom is -0.510 e. The van der Waals surface area contributed by atoms with Gasteiger partial charge in [-0.05, 0) is 48.9 Å². The zero-order valence-electron chi connectivity index (χ0n) is 32.7. The molecular formula is C43H45NO8SSi. The number of carbonyl (C=O) groups excluding carboxylic acids is 2. The number of fused-ring (bicyclic) bond motifs is 5. The Morgan fingerprint density at radius 2 is 1.44 bits per heavy atom. The molecular weight excluding hydrogens is 719 g/mol. The zero-order chi connectivity index (χ0) is 38.7. The molecule has 0 amide bonds. The van der Waals surface area contributed by atoms with Gasteiger partial charge in [-0.3, -0.25) is 9.59 Å². The summed E-state index contributed by atoms with van der Waals surface area (Å²) in [7, 11) is 2.93. The first kappa shape index (κ1) is 36.2. The fraction of sp³-hybridized carbons (Fsp3) is 0.372. The van der Waals surface area contributed by atoms with E-state index in [1.54, 1.807) is 28.4 Å². The van der Waals surface area contributed by atoms with Crippen LogP contribution in [0.25, 0.3) is 21.5 Å². The van der Waals surface area contributed by atoms with Crippen LogP contribution >= 0.6 is 11.8 Å². The Bertz CT molecular complexity index is 2440. The van der Waals surface area contributed by atoms with Crippen LogP contribution in [-0.2, 0) is 11.8 Å². The number of benzene rings is 4. The highest BCUT2D eigenvalue weighted by molar-refractivity contribution is 7.99. The second-order valence-corrected chi connectivity index (χ2v) is 22.1. The fourth-order valence-electron chi connectivity index (χ4n) is 9.26. The van der Waals surface area contributed by atoms with Crippen LogP contribution in [-0.4, -0.2) is 53.6 Å². The third-order valence-electron chi connectivity index (χ3n) is 11.3. The molecule has 0 fully saturated rings. The van der Waals surface area contributed by atoms with Gasteiger partial charge in [0.15, 0.2) is 23.1 Å². The lowest BCUT2D eigenvalue weighted by Gasteiger charge is -2.50. The molecule has 4 aromatic carbocycles. The van der Waals surface area contributed by atoms with Gasteiger partial charge in [0, 0.05) is 48.1 Å². The highest BCUT2D eigenvalue weighted by atomic mass is 32.2. The average Bonchev–Trinajstić information content (AvgIpc) is 3.62. The van der Waals surface area contributed by atoms with Crippen molar-refractivity contribution in [3.8, 4) is 34.6 Å². The van der Waals surface area contributed by atoms with Gasteiger partial charge in [-0.1, -0.05) is 77.6 Å². The summed E-state index contributed by atoms with van der Waals surface area (Å²) in [6.07, 6.45) is 0.772. The number of carbonyl (C=O) groups is 2. The molecule has 3 aliphatic rings. The molecule has 8 rings (SSSR count). The molecule has 9 nitrogen and oxygen atoms in total. The van der Waals surface area contributed by atoms with E-state index < -0.39 is 24.1 Å². The van der Waals surface area contributed by atoms with Gasteiger partial charge in [0.1, 0.15) is 22.7 Å². The minimum atomic E-state index is -3.37. The average molecular weight is 764 g/mol. The van der Waals surface area contributed by atoms with E-state index >= 15 is 9.59 Å². The summed E-state index contributed by atoms with van der Waals surface area (Å²) in [6, 6.07) is 15.7. The Morgan fingerprint density at radius 1 is 0.778 bits per heavy atom. The fourth-order valence-corrected chi connectivity index (χ4v) is 14.9. The number of aromatic nitrogens is 1. The van der Waals surface area contributed by atoms with Crippen molar-refractivity contribution in [1.29, 1.82) is 0 Å². The molecule has 280 valence electrons. The summed E-state index contributed by atoms with van der Waals surface area (Å²) in [4.78, 5) is 37.8. The van der Waals surface area contributed by atoms with Crippen molar-refractivity contribution in [3.05, 3.63) is 76.5 Å². The minimum absolute atomic E-state index is 0.270. The first-order valence-corrected chi connectivity index (χ1v) is 20.8. The molecule has 2 heterocycles. The molecule has 1 spiro atoms. The van der Waals surface area contributed by atoms with Gasteiger partial charge in [0.25, 0.3) is 0 Å². The first-order chi connectivity index (χ1) is 25.6. The number of ketones is 2. The summed E-state index contributed by atoms with van der Waals surface area (Å²) in [5, 5.41) is 1.74. The Hall–Kier alpha value is -4.74. The van der Waals surface area contributed by atoms with Crippen LogP contribution in [0.3, 0.4) is 0 Å². The maximum atomic E-state index is 15.9. The molecule has 0 saturated carbocycles. The lowest BCUT2D eigenvalue weighted by atomic mass is 9.76. The summed E-state index contributed by atoms with van der Waals surface area (Å²) < 4.78 is 38.7. The predicted octanol–water partition coefficient (Wildman–Crippen LogP) is 9.96. The van der Waals surface area contributed by atoms with E-state index in [0.29, 0.717) is 73.2 Å². The highest BCUT2D eigenvalue weighted by Crippen LogP contribution is 2.65. The van der Waals surface area contributed by atoms with Crippen molar-refractivity contribution in [1.82, 2.24) is 4.98 Å². The first-order valence-electron chi connectivity index (χ1n) is 18.1. The molecule has 5 aromatic rings.